The standard InChI is InChI=1S/C24H23F3O/c1-2-3-4-5-19-8-12-22-17-20(9-13-21(22)16-19)7-6-18-10-14-23(15-11-18)28-24(25,26)27/h2-3,9-11,13-15,17,19H,4-5,8,12,16H2,1H3/b3-2+. The zero-order valence-electron chi connectivity index (χ0n) is 15.9. The Bertz CT molecular complexity index is 883. The van der Waals surface area contributed by atoms with Crippen molar-refractivity contribution in [2.24, 2.45) is 5.92 Å². The van der Waals surface area contributed by atoms with Crippen LogP contribution in [0, 0.1) is 17.8 Å². The largest absolute Gasteiger partial charge is 0.573 e. The van der Waals surface area contributed by atoms with E-state index in [1.165, 1.54) is 48.2 Å². The van der Waals surface area contributed by atoms with E-state index in [0.29, 0.717) is 5.56 Å². The molecule has 1 atom stereocenters. The molecule has 4 heteroatoms. The maximum atomic E-state index is 12.2. The third kappa shape index (κ3) is 5.92. The Morgan fingerprint density at radius 2 is 1.75 bits per heavy atom. The SMILES string of the molecule is C/C=C/CCC1CCc2cc(C#Cc3ccc(OC(F)(F)F)cc3)ccc2C1. The number of fused-ring (bicyclic) bond motifs is 1. The molecule has 0 aliphatic heterocycles. The lowest BCUT2D eigenvalue weighted by Gasteiger charge is -2.24. The summed E-state index contributed by atoms with van der Waals surface area (Å²) in [5.41, 5.74) is 4.36. The van der Waals surface area contributed by atoms with Crippen molar-refractivity contribution in [3.63, 3.8) is 0 Å². The molecule has 2 aromatic carbocycles. The molecule has 2 aromatic rings. The quantitative estimate of drug-likeness (QED) is 0.435. The Morgan fingerprint density at radius 3 is 2.46 bits per heavy atom. The number of allylic oxidation sites excluding steroid dienone is 2. The van der Waals surface area contributed by atoms with Crippen molar-refractivity contribution in [3.8, 4) is 17.6 Å². The Hall–Kier alpha value is -2.67. The second-order valence-corrected chi connectivity index (χ2v) is 7.06. The van der Waals surface area contributed by atoms with Crippen molar-refractivity contribution >= 4 is 0 Å². The number of aryl methyl sites for hydroxylation is 1. The first-order chi connectivity index (χ1) is 13.4. The van der Waals surface area contributed by atoms with Crippen LogP contribution in [0.4, 0.5) is 13.2 Å². The predicted molar refractivity (Wildman–Crippen MR) is 105 cm³/mol. The highest BCUT2D eigenvalue weighted by Crippen LogP contribution is 2.29. The summed E-state index contributed by atoms with van der Waals surface area (Å²) in [6.45, 7) is 2.06. The Morgan fingerprint density at radius 1 is 1.04 bits per heavy atom. The van der Waals surface area contributed by atoms with Crippen LogP contribution in [0.5, 0.6) is 5.75 Å². The van der Waals surface area contributed by atoms with Gasteiger partial charge in [-0.15, -0.1) is 13.2 Å². The first kappa shape index (κ1) is 20.1. The predicted octanol–water partition coefficient (Wildman–Crippen LogP) is 6.45. The monoisotopic (exact) mass is 384 g/mol. The minimum absolute atomic E-state index is 0.240. The fourth-order valence-corrected chi connectivity index (χ4v) is 3.54. The van der Waals surface area contributed by atoms with Gasteiger partial charge in [-0.1, -0.05) is 30.1 Å². The lowest BCUT2D eigenvalue weighted by Crippen LogP contribution is -2.16. The van der Waals surface area contributed by atoms with Gasteiger partial charge in [-0.2, -0.15) is 0 Å². The van der Waals surface area contributed by atoms with Crippen LogP contribution in [-0.2, 0) is 12.8 Å². The Balaban J connectivity index is 1.64. The molecule has 0 N–H and O–H groups in total. The molecule has 1 aliphatic rings. The van der Waals surface area contributed by atoms with Crippen molar-refractivity contribution < 1.29 is 17.9 Å². The van der Waals surface area contributed by atoms with Gasteiger partial charge in [-0.3, -0.25) is 0 Å². The van der Waals surface area contributed by atoms with Gasteiger partial charge in [-0.05, 0) is 92.5 Å². The summed E-state index contributed by atoms with van der Waals surface area (Å²) >= 11 is 0. The van der Waals surface area contributed by atoms with Crippen molar-refractivity contribution in [2.45, 2.75) is 45.4 Å². The van der Waals surface area contributed by atoms with Crippen molar-refractivity contribution in [2.75, 3.05) is 0 Å². The number of hydrogen-bond acceptors (Lipinski definition) is 1. The van der Waals surface area contributed by atoms with Gasteiger partial charge in [-0.25, -0.2) is 0 Å². The van der Waals surface area contributed by atoms with E-state index in [1.54, 1.807) is 0 Å². The van der Waals surface area contributed by atoms with Gasteiger partial charge in [0.15, 0.2) is 0 Å². The van der Waals surface area contributed by atoms with Crippen LogP contribution in [0.3, 0.4) is 0 Å². The highest BCUT2D eigenvalue weighted by Gasteiger charge is 2.30. The summed E-state index contributed by atoms with van der Waals surface area (Å²) in [5, 5.41) is 0. The molecule has 0 radical (unpaired) electrons. The maximum absolute atomic E-state index is 12.2. The van der Waals surface area contributed by atoms with Crippen LogP contribution < -0.4 is 4.74 Å². The van der Waals surface area contributed by atoms with E-state index in [-0.39, 0.29) is 5.75 Å². The number of halogens is 3. The number of hydrogen-bond donors (Lipinski definition) is 0. The molecule has 3 rings (SSSR count). The zero-order valence-corrected chi connectivity index (χ0v) is 15.9. The van der Waals surface area contributed by atoms with Gasteiger partial charge in [0.1, 0.15) is 5.75 Å². The normalized spacial score (nSPS) is 16.4. The molecule has 0 spiro atoms. The molecule has 28 heavy (non-hydrogen) atoms. The molecule has 0 amide bonds. The fourth-order valence-electron chi connectivity index (χ4n) is 3.54. The molecule has 0 fully saturated rings. The summed E-state index contributed by atoms with van der Waals surface area (Å²) in [5.74, 6) is 6.62. The van der Waals surface area contributed by atoms with E-state index >= 15 is 0 Å². The van der Waals surface area contributed by atoms with Crippen molar-refractivity contribution in [1.82, 2.24) is 0 Å². The summed E-state index contributed by atoms with van der Waals surface area (Å²) in [6.07, 6.45) is 5.46. The van der Waals surface area contributed by atoms with Gasteiger partial charge in [0, 0.05) is 11.1 Å². The molecule has 1 unspecified atom stereocenters. The molecule has 0 bridgehead atoms. The average Bonchev–Trinajstić information content (AvgIpc) is 2.66. The van der Waals surface area contributed by atoms with Gasteiger partial charge >= 0.3 is 6.36 Å². The smallest absolute Gasteiger partial charge is 0.406 e. The van der Waals surface area contributed by atoms with Gasteiger partial charge in [0.2, 0.25) is 0 Å². The molecule has 1 nitrogen and oxygen atoms in total. The van der Waals surface area contributed by atoms with E-state index in [2.05, 4.69) is 47.8 Å². The van der Waals surface area contributed by atoms with Crippen molar-refractivity contribution in [3.05, 3.63) is 76.9 Å². The molecule has 0 saturated carbocycles. The molecule has 1 aliphatic carbocycles. The minimum atomic E-state index is -4.68. The lowest BCUT2D eigenvalue weighted by atomic mass is 9.81. The first-order valence-corrected chi connectivity index (χ1v) is 9.54. The van der Waals surface area contributed by atoms with Crippen LogP contribution in [0.1, 0.15) is 48.4 Å². The topological polar surface area (TPSA) is 9.23 Å². The Kier molecular flexibility index (Phi) is 6.46. The molecule has 146 valence electrons. The molecular formula is C24H23F3O. The van der Waals surface area contributed by atoms with Crippen LogP contribution in [0.25, 0.3) is 0 Å². The minimum Gasteiger partial charge on any atom is -0.406 e. The third-order valence-corrected chi connectivity index (χ3v) is 4.95. The van der Waals surface area contributed by atoms with E-state index < -0.39 is 6.36 Å². The van der Waals surface area contributed by atoms with Crippen LogP contribution >= 0.6 is 0 Å². The van der Waals surface area contributed by atoms with E-state index in [1.807, 2.05) is 6.07 Å². The van der Waals surface area contributed by atoms with Crippen molar-refractivity contribution in [1.29, 1.82) is 0 Å². The summed E-state index contributed by atoms with van der Waals surface area (Å²) in [4.78, 5) is 0. The molecular weight excluding hydrogens is 361 g/mol. The number of alkyl halides is 3. The van der Waals surface area contributed by atoms with E-state index in [9.17, 15) is 13.2 Å². The van der Waals surface area contributed by atoms with Gasteiger partial charge in [0.25, 0.3) is 0 Å². The van der Waals surface area contributed by atoms with E-state index in [0.717, 1.165) is 30.7 Å². The second-order valence-electron chi connectivity index (χ2n) is 7.06. The fraction of sp³-hybridized carbons (Fsp3) is 0.333. The Labute approximate surface area is 164 Å². The molecule has 0 heterocycles. The number of ether oxygens (including phenoxy) is 1. The first-order valence-electron chi connectivity index (χ1n) is 9.54. The average molecular weight is 384 g/mol. The zero-order chi connectivity index (χ0) is 20.0. The molecule has 0 saturated heterocycles. The summed E-state index contributed by atoms with van der Waals surface area (Å²) in [6, 6.07) is 12.0. The summed E-state index contributed by atoms with van der Waals surface area (Å²) < 4.78 is 40.5. The third-order valence-electron chi connectivity index (χ3n) is 4.95. The highest BCUT2D eigenvalue weighted by molar-refractivity contribution is 5.47. The highest BCUT2D eigenvalue weighted by atomic mass is 19.4. The maximum Gasteiger partial charge on any atom is 0.573 e. The number of benzene rings is 2. The van der Waals surface area contributed by atoms with E-state index in [4.69, 9.17) is 0 Å². The molecule has 0 aromatic heterocycles. The number of rotatable bonds is 4. The van der Waals surface area contributed by atoms with Crippen LogP contribution in [0.2, 0.25) is 0 Å². The second kappa shape index (κ2) is 9.01. The van der Waals surface area contributed by atoms with Crippen LogP contribution in [-0.4, -0.2) is 6.36 Å². The van der Waals surface area contributed by atoms with Gasteiger partial charge < -0.3 is 4.74 Å². The lowest BCUT2D eigenvalue weighted by molar-refractivity contribution is -0.274. The van der Waals surface area contributed by atoms with Gasteiger partial charge in [0.05, 0.1) is 0 Å². The van der Waals surface area contributed by atoms with Crippen LogP contribution in [0.15, 0.2) is 54.6 Å². The summed E-state index contributed by atoms with van der Waals surface area (Å²) in [7, 11) is 0.